The van der Waals surface area contributed by atoms with E-state index >= 15 is 0 Å². The maximum atomic E-state index is 12.6. The van der Waals surface area contributed by atoms with Gasteiger partial charge < -0.3 is 43.3 Å². The predicted octanol–water partition coefficient (Wildman–Crippen LogP) is 5.89. The second-order valence-corrected chi connectivity index (χ2v) is 21.2. The zero-order valence-corrected chi connectivity index (χ0v) is 42.3. The van der Waals surface area contributed by atoms with Crippen LogP contribution in [-0.4, -0.2) is 129 Å². The van der Waals surface area contributed by atoms with Crippen LogP contribution in [0.4, 0.5) is 5.69 Å². The molecule has 1 aromatic carbocycles. The molecule has 380 valence electrons. The number of benzene rings is 2. The largest absolute Gasteiger partial charge is 0.492 e. The van der Waals surface area contributed by atoms with Crippen molar-refractivity contribution in [2.45, 2.75) is 81.9 Å². The zero-order chi connectivity index (χ0) is 50.4. The second-order valence-electron chi connectivity index (χ2n) is 17.9. The van der Waals surface area contributed by atoms with Gasteiger partial charge in [0.1, 0.15) is 24.7 Å². The fourth-order valence-corrected chi connectivity index (χ4v) is 9.45. The summed E-state index contributed by atoms with van der Waals surface area (Å²) in [5.41, 5.74) is 2.77. The van der Waals surface area contributed by atoms with Crippen molar-refractivity contribution in [2.24, 2.45) is 0 Å². The summed E-state index contributed by atoms with van der Waals surface area (Å²) in [5.74, 6) is -0.545. The molecule has 0 saturated carbocycles. The van der Waals surface area contributed by atoms with Crippen LogP contribution in [0.3, 0.4) is 0 Å². The van der Waals surface area contributed by atoms with Gasteiger partial charge in [-0.2, -0.15) is 16.8 Å². The molecular weight excluding hydrogens is 935 g/mol. The van der Waals surface area contributed by atoms with E-state index in [2.05, 4.69) is 37.5 Å². The van der Waals surface area contributed by atoms with Gasteiger partial charge in [-0.1, -0.05) is 33.3 Å². The van der Waals surface area contributed by atoms with Gasteiger partial charge in [-0.05, 0) is 91.6 Å². The first-order valence-electron chi connectivity index (χ1n) is 22.9. The number of aromatic hydroxyl groups is 2. The number of aromatic nitrogens is 1. The molecule has 20 heteroatoms. The highest BCUT2D eigenvalue weighted by Gasteiger charge is 2.44. The van der Waals surface area contributed by atoms with Crippen molar-refractivity contribution in [3.8, 4) is 23.1 Å². The summed E-state index contributed by atoms with van der Waals surface area (Å²) < 4.78 is 96.3. The molecule has 0 spiro atoms. The van der Waals surface area contributed by atoms with Gasteiger partial charge in [-0.3, -0.25) is 8.74 Å². The van der Waals surface area contributed by atoms with Crippen LogP contribution >= 0.6 is 0 Å². The van der Waals surface area contributed by atoms with Crippen LogP contribution in [0, 0.1) is 0 Å². The summed E-state index contributed by atoms with van der Waals surface area (Å²) in [6, 6.07) is 15.0. The van der Waals surface area contributed by atoms with Gasteiger partial charge in [0, 0.05) is 67.7 Å². The van der Waals surface area contributed by atoms with Gasteiger partial charge in [-0.25, -0.2) is 9.37 Å². The molecule has 0 radical (unpaired) electrons. The molecule has 18 nitrogen and oxygen atoms in total. The molecule has 0 saturated heterocycles. The third kappa shape index (κ3) is 15.0. The normalized spacial score (nSPS) is 16.0. The van der Waals surface area contributed by atoms with Gasteiger partial charge in [0.25, 0.3) is 20.2 Å². The van der Waals surface area contributed by atoms with E-state index in [9.17, 15) is 36.4 Å². The van der Waals surface area contributed by atoms with E-state index in [1.54, 1.807) is 20.3 Å². The van der Waals surface area contributed by atoms with Crippen LogP contribution in [0.25, 0.3) is 17.4 Å². The van der Waals surface area contributed by atoms with Gasteiger partial charge in [-0.15, -0.1) is 4.73 Å². The van der Waals surface area contributed by atoms with Crippen molar-refractivity contribution in [2.75, 3.05) is 91.3 Å². The van der Waals surface area contributed by atoms with Crippen molar-refractivity contribution in [1.29, 1.82) is 0 Å². The summed E-state index contributed by atoms with van der Waals surface area (Å²) in [7, 11) is -4.06. The number of hydrogen-bond donors (Lipinski definition) is 3. The smallest absolute Gasteiger partial charge is 0.333 e. The fourth-order valence-electron chi connectivity index (χ4n) is 8.28. The predicted molar refractivity (Wildman–Crippen MR) is 260 cm³/mol. The Kier molecular flexibility index (Phi) is 19.6. The summed E-state index contributed by atoms with van der Waals surface area (Å²) in [5, 5.41) is 20.6. The van der Waals surface area contributed by atoms with Crippen LogP contribution in [-0.2, 0) is 59.0 Å². The number of carbonyl (C=O) groups excluding carboxylic acids is 1. The number of rotatable bonds is 27. The Morgan fingerprint density at radius 2 is 1.49 bits per heavy atom. The summed E-state index contributed by atoms with van der Waals surface area (Å²) in [6.45, 7) is 12.8. The highest BCUT2D eigenvalue weighted by Crippen LogP contribution is 2.51. The number of nitrogens with zero attached hydrogens (tertiary/aromatic N) is 3. The van der Waals surface area contributed by atoms with E-state index in [1.165, 1.54) is 24.3 Å². The number of unbranched alkanes of at least 4 members (excludes halogenated alkanes) is 2. The maximum Gasteiger partial charge on any atom is 0.333 e. The van der Waals surface area contributed by atoms with E-state index < -0.39 is 43.4 Å². The van der Waals surface area contributed by atoms with Crippen LogP contribution in [0.2, 0.25) is 0 Å². The minimum Gasteiger partial charge on any atom is -0.492 e. The summed E-state index contributed by atoms with van der Waals surface area (Å²) in [6.07, 6.45) is 7.59. The molecule has 3 N–H and O–H groups in total. The van der Waals surface area contributed by atoms with Crippen molar-refractivity contribution in [3.05, 3.63) is 94.7 Å². The minimum atomic E-state index is -4.61. The Hall–Kier alpha value is -5.06. The lowest BCUT2D eigenvalue weighted by molar-refractivity contribution is -0.145. The van der Waals surface area contributed by atoms with Gasteiger partial charge in [0.2, 0.25) is 17.1 Å². The molecule has 0 fully saturated rings. The number of allylic oxidation sites excluding steroid dienone is 3. The molecule has 1 unspecified atom stereocenters. The van der Waals surface area contributed by atoms with Crippen molar-refractivity contribution < 1.29 is 68.8 Å². The van der Waals surface area contributed by atoms with E-state index in [4.69, 9.17) is 32.4 Å². The fraction of sp³-hybridized carbons (Fsp3) is 0.510. The Balaban J connectivity index is 1.54. The summed E-state index contributed by atoms with van der Waals surface area (Å²) in [4.78, 5) is 19.4. The van der Waals surface area contributed by atoms with E-state index in [0.29, 0.717) is 106 Å². The average Bonchev–Trinajstić information content (AvgIpc) is 3.73. The molecule has 69 heavy (non-hydrogen) atoms. The standard InChI is InChI=1S/C49H67N3O15S2/c1-48(2,3)40-34-37(66-43-33-36(16-18-39(40)43)50(24-26-64-30-28-61-5)25-27-65-31-29-62-6)13-11-14-44-49(4,22-12-32-68(56,57)63-7)41-35-38(69(58,59)60)17-19-42(41)51(44)23-10-8-9-15-47(55)67-52-45(53)20-21-46(52)54/h11,13-14,16-21,33-35H,8-10,12,15,22-32H2,1-7H3,(H2-,53,54,58,59,60)/p+1. The van der Waals surface area contributed by atoms with Crippen LogP contribution in [0.15, 0.2) is 81.8 Å². The SMILES string of the molecule is COCCOCC[N+](CCOCCOC)=c1ccc2c(C(C)(C)C)cc(C=CC=C3N(CCCCCC(=O)On4c(O)ccc4O)c4ccc(S(=O)(=O)O)cc4C3(C)CCCS(=O)(=O)OC)oc-2c1. The first-order valence-corrected chi connectivity index (χ1v) is 25.9. The first-order chi connectivity index (χ1) is 32.7. The van der Waals surface area contributed by atoms with Crippen LogP contribution < -0.4 is 19.7 Å². The molecule has 3 heterocycles. The highest BCUT2D eigenvalue weighted by molar-refractivity contribution is 7.86. The maximum absolute atomic E-state index is 12.6. The van der Waals surface area contributed by atoms with Crippen molar-refractivity contribution in [3.63, 3.8) is 0 Å². The average molecular weight is 1000 g/mol. The lowest BCUT2D eigenvalue weighted by Gasteiger charge is -2.30. The Morgan fingerprint density at radius 1 is 0.826 bits per heavy atom. The summed E-state index contributed by atoms with van der Waals surface area (Å²) >= 11 is 0. The van der Waals surface area contributed by atoms with Gasteiger partial charge >= 0.3 is 5.97 Å². The number of hydrogen-bond acceptors (Lipinski definition) is 15. The first kappa shape index (κ1) is 54.9. The molecule has 2 aromatic rings. The van der Waals surface area contributed by atoms with Gasteiger partial charge in [0.15, 0.2) is 13.1 Å². The molecule has 1 aliphatic carbocycles. The molecular formula is C49H68N3O15S2+. The van der Waals surface area contributed by atoms with Crippen molar-refractivity contribution in [1.82, 2.24) is 9.31 Å². The van der Waals surface area contributed by atoms with Crippen molar-refractivity contribution >= 4 is 38.0 Å². The zero-order valence-electron chi connectivity index (χ0n) is 40.6. The second kappa shape index (κ2) is 24.7. The number of fused-ring (bicyclic) bond motifs is 2. The Labute approximate surface area is 405 Å². The number of carbonyl (C=O) groups is 1. The number of ether oxygens (including phenoxy) is 4. The van der Waals surface area contributed by atoms with Gasteiger partial charge in [0.05, 0.1) is 50.3 Å². The monoisotopic (exact) mass is 1000 g/mol. The topological polar surface area (TPSA) is 226 Å². The molecule has 1 atom stereocenters. The minimum absolute atomic E-state index is 0.000417. The molecule has 0 bridgehead atoms. The van der Waals surface area contributed by atoms with E-state index in [0.717, 1.165) is 29.3 Å². The molecule has 1 aromatic heterocycles. The third-order valence-corrected chi connectivity index (χ3v) is 14.1. The highest BCUT2D eigenvalue weighted by atomic mass is 32.2. The Bertz CT molecular complexity index is 2650. The molecule has 0 amide bonds. The number of methoxy groups -OCH3 is 2. The third-order valence-electron chi connectivity index (χ3n) is 11.9. The lowest BCUT2D eigenvalue weighted by atomic mass is 9.77. The molecule has 3 aliphatic rings. The van der Waals surface area contributed by atoms with E-state index in [-0.39, 0.29) is 35.3 Å². The number of anilines is 1. The molecule has 5 rings (SSSR count). The van der Waals surface area contributed by atoms with E-state index in [1.807, 2.05) is 42.2 Å². The van der Waals surface area contributed by atoms with Crippen LogP contribution in [0.5, 0.6) is 11.8 Å². The Morgan fingerprint density at radius 3 is 2.10 bits per heavy atom. The quantitative estimate of drug-likeness (QED) is 0.0274. The molecule has 2 aliphatic heterocycles. The van der Waals surface area contributed by atoms with Crippen LogP contribution in [0.1, 0.15) is 83.1 Å². The lowest BCUT2D eigenvalue weighted by Crippen LogP contribution is -2.36.